The van der Waals surface area contributed by atoms with E-state index in [0.717, 1.165) is 22.9 Å². The van der Waals surface area contributed by atoms with Crippen molar-refractivity contribution in [2.75, 3.05) is 0 Å². The van der Waals surface area contributed by atoms with Gasteiger partial charge in [-0.15, -0.1) is 0 Å². The molecule has 0 aliphatic heterocycles. The molecule has 0 spiro atoms. The topological polar surface area (TPSA) is 42.2 Å². The van der Waals surface area contributed by atoms with Crippen molar-refractivity contribution in [1.82, 2.24) is 4.57 Å². The van der Waals surface area contributed by atoms with Crippen molar-refractivity contribution in [3.05, 3.63) is 36.0 Å². The first-order valence-corrected chi connectivity index (χ1v) is 4.01. The molecule has 0 amide bonds. The molecule has 3 heteroatoms. The summed E-state index contributed by atoms with van der Waals surface area (Å²) in [4.78, 5) is 10.6. The van der Waals surface area contributed by atoms with E-state index in [1.807, 2.05) is 24.3 Å². The summed E-state index contributed by atoms with van der Waals surface area (Å²) in [5.74, 6) is 0. The van der Waals surface area contributed by atoms with E-state index in [-0.39, 0.29) is 6.61 Å². The third-order valence-corrected chi connectivity index (χ3v) is 2.14. The Morgan fingerprint density at radius 2 is 2.23 bits per heavy atom. The number of aromatic nitrogens is 1. The van der Waals surface area contributed by atoms with Gasteiger partial charge in [-0.2, -0.15) is 0 Å². The maximum atomic E-state index is 10.6. The number of fused-ring (bicyclic) bond motifs is 1. The molecule has 3 nitrogen and oxygen atoms in total. The highest BCUT2D eigenvalue weighted by molar-refractivity contribution is 5.87. The fraction of sp³-hybridized carbons (Fsp3) is 0.100. The lowest BCUT2D eigenvalue weighted by Crippen LogP contribution is -1.91. The molecule has 0 atom stereocenters. The number of nitrogens with zero attached hydrogens (tertiary/aromatic N) is 1. The molecular weight excluding hydrogens is 166 g/mol. The third kappa shape index (κ3) is 1.13. The number of rotatable bonds is 2. The van der Waals surface area contributed by atoms with E-state index in [9.17, 15) is 4.79 Å². The van der Waals surface area contributed by atoms with Crippen LogP contribution in [0, 0.1) is 0 Å². The normalized spacial score (nSPS) is 10.5. The van der Waals surface area contributed by atoms with Crippen LogP contribution >= 0.6 is 0 Å². The molecule has 0 aliphatic carbocycles. The number of carbonyl (C=O) groups is 1. The van der Waals surface area contributed by atoms with Crippen molar-refractivity contribution in [1.29, 1.82) is 0 Å². The minimum Gasteiger partial charge on any atom is -0.392 e. The Balaban J connectivity index is 2.79. The molecule has 1 aromatic carbocycles. The summed E-state index contributed by atoms with van der Waals surface area (Å²) in [6, 6.07) is 7.35. The molecule has 2 rings (SSSR count). The van der Waals surface area contributed by atoms with Crippen molar-refractivity contribution in [3.63, 3.8) is 0 Å². The molecule has 0 unspecified atom stereocenters. The second kappa shape index (κ2) is 3.03. The predicted octanol–water partition coefficient (Wildman–Crippen LogP) is 1.17. The fourth-order valence-electron chi connectivity index (χ4n) is 1.48. The quantitative estimate of drug-likeness (QED) is 0.696. The number of benzene rings is 1. The van der Waals surface area contributed by atoms with E-state index in [0.29, 0.717) is 0 Å². The molecule has 2 aromatic rings. The van der Waals surface area contributed by atoms with Crippen LogP contribution in [0.3, 0.4) is 0 Å². The van der Waals surface area contributed by atoms with Crippen LogP contribution in [-0.2, 0) is 11.4 Å². The van der Waals surface area contributed by atoms with E-state index in [4.69, 9.17) is 5.11 Å². The van der Waals surface area contributed by atoms with E-state index in [1.165, 1.54) is 4.57 Å². The monoisotopic (exact) mass is 175 g/mol. The molecule has 1 N–H and O–H groups in total. The SMILES string of the molecule is O=Cn1ccc2c(CO)cccc21. The summed E-state index contributed by atoms with van der Waals surface area (Å²) >= 11 is 0. The molecule has 0 aliphatic rings. The molecule has 13 heavy (non-hydrogen) atoms. The van der Waals surface area contributed by atoms with Crippen LogP contribution in [0.2, 0.25) is 0 Å². The van der Waals surface area contributed by atoms with Crippen molar-refractivity contribution in [2.24, 2.45) is 0 Å². The van der Waals surface area contributed by atoms with Gasteiger partial charge in [0.25, 0.3) is 0 Å². The van der Waals surface area contributed by atoms with Crippen LogP contribution in [-0.4, -0.2) is 16.1 Å². The van der Waals surface area contributed by atoms with Crippen LogP contribution in [0.25, 0.3) is 10.9 Å². The smallest absolute Gasteiger partial charge is 0.218 e. The van der Waals surface area contributed by atoms with Gasteiger partial charge in [0, 0.05) is 11.6 Å². The van der Waals surface area contributed by atoms with Crippen molar-refractivity contribution in [3.8, 4) is 0 Å². The first kappa shape index (κ1) is 8.01. The molecular formula is C10H9NO2. The molecule has 0 bridgehead atoms. The highest BCUT2D eigenvalue weighted by atomic mass is 16.3. The number of hydrogen-bond donors (Lipinski definition) is 1. The Hall–Kier alpha value is -1.61. The van der Waals surface area contributed by atoms with Gasteiger partial charge in [-0.05, 0) is 17.7 Å². The van der Waals surface area contributed by atoms with Gasteiger partial charge < -0.3 is 5.11 Å². The maximum Gasteiger partial charge on any atom is 0.218 e. The minimum absolute atomic E-state index is 0.000209. The second-order valence-corrected chi connectivity index (χ2v) is 2.84. The van der Waals surface area contributed by atoms with Crippen LogP contribution in [0.15, 0.2) is 30.5 Å². The average molecular weight is 175 g/mol. The molecule has 66 valence electrons. The van der Waals surface area contributed by atoms with Gasteiger partial charge in [0.15, 0.2) is 0 Å². The minimum atomic E-state index is 0.000209. The summed E-state index contributed by atoms with van der Waals surface area (Å²) in [6.07, 6.45) is 2.44. The summed E-state index contributed by atoms with van der Waals surface area (Å²) in [5.41, 5.74) is 1.68. The highest BCUT2D eigenvalue weighted by Crippen LogP contribution is 2.18. The number of carbonyl (C=O) groups excluding carboxylic acids is 1. The number of hydrogen-bond acceptors (Lipinski definition) is 2. The van der Waals surface area contributed by atoms with Crippen LogP contribution < -0.4 is 0 Å². The van der Waals surface area contributed by atoms with Gasteiger partial charge in [0.1, 0.15) is 0 Å². The molecule has 0 saturated heterocycles. The first-order chi connectivity index (χ1) is 6.36. The molecule has 0 fully saturated rings. The van der Waals surface area contributed by atoms with Crippen molar-refractivity contribution < 1.29 is 9.90 Å². The summed E-state index contributed by atoms with van der Waals surface area (Å²) in [5, 5.41) is 9.95. The zero-order valence-electron chi connectivity index (χ0n) is 6.97. The Morgan fingerprint density at radius 3 is 2.92 bits per heavy atom. The summed E-state index contributed by atoms with van der Waals surface area (Å²) in [6.45, 7) is 0.000209. The zero-order chi connectivity index (χ0) is 9.26. The second-order valence-electron chi connectivity index (χ2n) is 2.84. The van der Waals surface area contributed by atoms with Gasteiger partial charge in [0.05, 0.1) is 12.1 Å². The lowest BCUT2D eigenvalue weighted by Gasteiger charge is -1.98. The Kier molecular flexibility index (Phi) is 1.87. The van der Waals surface area contributed by atoms with Gasteiger partial charge in [0.2, 0.25) is 6.41 Å². The fourth-order valence-corrected chi connectivity index (χ4v) is 1.48. The maximum absolute atomic E-state index is 10.6. The Labute approximate surface area is 75.2 Å². The molecule has 1 aromatic heterocycles. The first-order valence-electron chi connectivity index (χ1n) is 4.01. The third-order valence-electron chi connectivity index (χ3n) is 2.14. The Morgan fingerprint density at radius 1 is 1.38 bits per heavy atom. The molecule has 1 heterocycles. The Bertz CT molecular complexity index is 445. The van der Waals surface area contributed by atoms with Gasteiger partial charge >= 0.3 is 0 Å². The van der Waals surface area contributed by atoms with E-state index in [2.05, 4.69) is 0 Å². The van der Waals surface area contributed by atoms with Gasteiger partial charge in [-0.3, -0.25) is 9.36 Å². The van der Waals surface area contributed by atoms with Gasteiger partial charge in [-0.1, -0.05) is 12.1 Å². The zero-order valence-corrected chi connectivity index (χ0v) is 6.97. The highest BCUT2D eigenvalue weighted by Gasteiger charge is 2.02. The lowest BCUT2D eigenvalue weighted by atomic mass is 10.1. The van der Waals surface area contributed by atoms with E-state index in [1.54, 1.807) is 6.20 Å². The summed E-state index contributed by atoms with van der Waals surface area (Å²) in [7, 11) is 0. The molecule has 0 radical (unpaired) electrons. The largest absolute Gasteiger partial charge is 0.392 e. The number of aliphatic hydroxyl groups is 1. The standard InChI is InChI=1S/C10H9NO2/c12-6-8-2-1-3-10-9(8)4-5-11(10)7-13/h1-5,7,12H,6H2. The summed E-state index contributed by atoms with van der Waals surface area (Å²) < 4.78 is 1.49. The van der Waals surface area contributed by atoms with E-state index >= 15 is 0 Å². The number of aliphatic hydroxyl groups excluding tert-OH is 1. The van der Waals surface area contributed by atoms with Crippen LogP contribution in [0.1, 0.15) is 5.56 Å². The van der Waals surface area contributed by atoms with Gasteiger partial charge in [-0.25, -0.2) is 0 Å². The van der Waals surface area contributed by atoms with Crippen LogP contribution in [0.4, 0.5) is 0 Å². The van der Waals surface area contributed by atoms with Crippen LogP contribution in [0.5, 0.6) is 0 Å². The van der Waals surface area contributed by atoms with Crippen molar-refractivity contribution >= 4 is 17.3 Å². The predicted molar refractivity (Wildman–Crippen MR) is 50.0 cm³/mol. The van der Waals surface area contributed by atoms with E-state index < -0.39 is 0 Å². The lowest BCUT2D eigenvalue weighted by molar-refractivity contribution is 0.283. The van der Waals surface area contributed by atoms with Crippen molar-refractivity contribution in [2.45, 2.75) is 6.61 Å². The average Bonchev–Trinajstić information content (AvgIpc) is 2.60. The molecule has 0 saturated carbocycles.